The molecule has 0 amide bonds. The van der Waals surface area contributed by atoms with Gasteiger partial charge in [-0.1, -0.05) is 0 Å². The number of nitrogens with zero attached hydrogens (tertiary/aromatic N) is 1. The highest BCUT2D eigenvalue weighted by Gasteiger charge is 2.40. The molecule has 3 rings (SSSR count). The first kappa shape index (κ1) is 10.1. The van der Waals surface area contributed by atoms with E-state index in [0.717, 1.165) is 25.7 Å². The molecule has 1 saturated heterocycles. The van der Waals surface area contributed by atoms with Gasteiger partial charge in [0.2, 0.25) is 0 Å². The standard InChI is InChI=1S/C11H16N2O3/c14-10-12-5-6-13(10)9-1-3-11(4-2-9)15-7-8-16-11/h5-6,9H,1-4,7-8H2,(H,12,14). The van der Waals surface area contributed by atoms with Crippen LogP contribution >= 0.6 is 0 Å². The van der Waals surface area contributed by atoms with E-state index in [9.17, 15) is 4.79 Å². The number of aromatic nitrogens is 2. The molecular weight excluding hydrogens is 208 g/mol. The Morgan fingerprint density at radius 2 is 2.00 bits per heavy atom. The van der Waals surface area contributed by atoms with Crippen molar-refractivity contribution in [3.05, 3.63) is 22.9 Å². The SMILES string of the molecule is O=c1[nH]ccn1C1CCC2(CC1)OCCO2. The molecule has 5 nitrogen and oxygen atoms in total. The lowest BCUT2D eigenvalue weighted by atomic mass is 9.90. The van der Waals surface area contributed by atoms with Gasteiger partial charge in [-0.25, -0.2) is 4.79 Å². The van der Waals surface area contributed by atoms with E-state index in [1.807, 2.05) is 6.20 Å². The van der Waals surface area contributed by atoms with Gasteiger partial charge in [-0.15, -0.1) is 0 Å². The lowest BCUT2D eigenvalue weighted by Crippen LogP contribution is -2.37. The number of hydrogen-bond acceptors (Lipinski definition) is 3. The molecule has 2 heterocycles. The fourth-order valence-corrected chi connectivity index (χ4v) is 2.72. The summed E-state index contributed by atoms with van der Waals surface area (Å²) in [5.41, 5.74) is -0.0193. The summed E-state index contributed by atoms with van der Waals surface area (Å²) >= 11 is 0. The normalized spacial score (nSPS) is 25.2. The molecule has 1 aromatic rings. The first-order valence-corrected chi connectivity index (χ1v) is 5.83. The topological polar surface area (TPSA) is 56.2 Å². The van der Waals surface area contributed by atoms with Crippen molar-refractivity contribution < 1.29 is 9.47 Å². The Balaban J connectivity index is 1.71. The summed E-state index contributed by atoms with van der Waals surface area (Å²) in [6.45, 7) is 1.41. The van der Waals surface area contributed by atoms with Gasteiger partial charge in [0.25, 0.3) is 0 Å². The number of nitrogens with one attached hydrogen (secondary N) is 1. The summed E-state index contributed by atoms with van der Waals surface area (Å²) in [6.07, 6.45) is 7.16. The van der Waals surface area contributed by atoms with E-state index in [1.165, 1.54) is 0 Å². The Morgan fingerprint density at radius 1 is 1.31 bits per heavy atom. The molecule has 0 bridgehead atoms. The van der Waals surface area contributed by atoms with Gasteiger partial charge in [0.15, 0.2) is 5.79 Å². The minimum atomic E-state index is -0.337. The Morgan fingerprint density at radius 3 is 2.56 bits per heavy atom. The molecule has 16 heavy (non-hydrogen) atoms. The zero-order chi connectivity index (χ0) is 11.0. The summed E-state index contributed by atoms with van der Waals surface area (Å²) in [5, 5.41) is 0. The van der Waals surface area contributed by atoms with Crippen LogP contribution in [0.3, 0.4) is 0 Å². The quantitative estimate of drug-likeness (QED) is 0.775. The molecule has 88 valence electrons. The molecule has 0 atom stereocenters. The van der Waals surface area contributed by atoms with Crippen molar-refractivity contribution in [2.45, 2.75) is 37.5 Å². The smallest absolute Gasteiger partial charge is 0.325 e. The number of imidazole rings is 1. The molecule has 0 aromatic carbocycles. The predicted molar refractivity (Wildman–Crippen MR) is 57.2 cm³/mol. The van der Waals surface area contributed by atoms with Crippen LogP contribution in [0.25, 0.3) is 0 Å². The highest BCUT2D eigenvalue weighted by atomic mass is 16.7. The van der Waals surface area contributed by atoms with E-state index < -0.39 is 0 Å². The van der Waals surface area contributed by atoms with Crippen molar-refractivity contribution in [1.82, 2.24) is 9.55 Å². The molecular formula is C11H16N2O3. The Bertz CT molecular complexity index is 407. The third kappa shape index (κ3) is 1.60. The second-order valence-corrected chi connectivity index (χ2v) is 4.51. The molecule has 1 saturated carbocycles. The van der Waals surface area contributed by atoms with Gasteiger partial charge in [-0.05, 0) is 12.8 Å². The van der Waals surface area contributed by atoms with Gasteiger partial charge in [0.05, 0.1) is 13.2 Å². The summed E-state index contributed by atoms with van der Waals surface area (Å²) in [6, 6.07) is 0.289. The maximum absolute atomic E-state index is 11.5. The number of H-pyrrole nitrogens is 1. The van der Waals surface area contributed by atoms with Crippen LogP contribution in [-0.4, -0.2) is 28.6 Å². The maximum Gasteiger partial charge on any atom is 0.325 e. The van der Waals surface area contributed by atoms with E-state index in [4.69, 9.17) is 9.47 Å². The fraction of sp³-hybridized carbons (Fsp3) is 0.727. The van der Waals surface area contributed by atoms with Crippen LogP contribution in [0.4, 0.5) is 0 Å². The Hall–Kier alpha value is -1.07. The summed E-state index contributed by atoms with van der Waals surface area (Å²) in [5.74, 6) is -0.337. The van der Waals surface area contributed by atoms with Crippen LogP contribution in [0.15, 0.2) is 17.2 Å². The van der Waals surface area contributed by atoms with E-state index in [2.05, 4.69) is 4.98 Å². The number of ether oxygens (including phenoxy) is 2. The molecule has 1 aliphatic heterocycles. The average Bonchev–Trinajstić information content (AvgIpc) is 2.90. The number of rotatable bonds is 1. The fourth-order valence-electron chi connectivity index (χ4n) is 2.72. The minimum absolute atomic E-state index is 0.0193. The van der Waals surface area contributed by atoms with Crippen molar-refractivity contribution in [2.24, 2.45) is 0 Å². The van der Waals surface area contributed by atoms with E-state index in [1.54, 1.807) is 10.8 Å². The second kappa shape index (κ2) is 3.75. The zero-order valence-corrected chi connectivity index (χ0v) is 9.15. The highest BCUT2D eigenvalue weighted by Crippen LogP contribution is 2.39. The molecule has 5 heteroatoms. The maximum atomic E-state index is 11.5. The average molecular weight is 224 g/mol. The predicted octanol–water partition coefficient (Wildman–Crippen LogP) is 1.03. The van der Waals surface area contributed by atoms with Gasteiger partial charge in [0, 0.05) is 31.3 Å². The van der Waals surface area contributed by atoms with Gasteiger partial charge in [0.1, 0.15) is 0 Å². The van der Waals surface area contributed by atoms with Crippen LogP contribution in [0.5, 0.6) is 0 Å². The third-order valence-electron chi connectivity index (χ3n) is 3.60. The van der Waals surface area contributed by atoms with Crippen LogP contribution in [0, 0.1) is 0 Å². The van der Waals surface area contributed by atoms with Crippen molar-refractivity contribution in [3.8, 4) is 0 Å². The number of hydrogen-bond donors (Lipinski definition) is 1. The molecule has 0 radical (unpaired) electrons. The lowest BCUT2D eigenvalue weighted by Gasteiger charge is -2.35. The van der Waals surface area contributed by atoms with Crippen LogP contribution in [-0.2, 0) is 9.47 Å². The van der Waals surface area contributed by atoms with Crippen molar-refractivity contribution in [3.63, 3.8) is 0 Å². The molecule has 1 aromatic heterocycles. The van der Waals surface area contributed by atoms with Gasteiger partial charge < -0.3 is 14.5 Å². The van der Waals surface area contributed by atoms with Crippen LogP contribution in [0.2, 0.25) is 0 Å². The molecule has 1 aliphatic carbocycles. The Labute approximate surface area is 93.4 Å². The zero-order valence-electron chi connectivity index (χ0n) is 9.15. The van der Waals surface area contributed by atoms with Gasteiger partial charge in [-0.2, -0.15) is 0 Å². The van der Waals surface area contributed by atoms with E-state index in [-0.39, 0.29) is 17.5 Å². The van der Waals surface area contributed by atoms with Crippen LogP contribution in [0.1, 0.15) is 31.7 Å². The Kier molecular flexibility index (Phi) is 2.37. The van der Waals surface area contributed by atoms with Crippen molar-refractivity contribution in [2.75, 3.05) is 13.2 Å². The first-order valence-electron chi connectivity index (χ1n) is 5.83. The third-order valence-corrected chi connectivity index (χ3v) is 3.60. The lowest BCUT2D eigenvalue weighted by molar-refractivity contribution is -0.181. The molecule has 2 fully saturated rings. The summed E-state index contributed by atoms with van der Waals surface area (Å²) in [4.78, 5) is 14.1. The summed E-state index contributed by atoms with van der Waals surface area (Å²) < 4.78 is 13.1. The molecule has 1 spiro atoms. The highest BCUT2D eigenvalue weighted by molar-refractivity contribution is 4.88. The monoisotopic (exact) mass is 224 g/mol. The van der Waals surface area contributed by atoms with Gasteiger partial charge in [-0.3, -0.25) is 4.57 Å². The minimum Gasteiger partial charge on any atom is -0.348 e. The van der Waals surface area contributed by atoms with Crippen molar-refractivity contribution in [1.29, 1.82) is 0 Å². The largest absolute Gasteiger partial charge is 0.348 e. The van der Waals surface area contributed by atoms with Gasteiger partial charge >= 0.3 is 5.69 Å². The second-order valence-electron chi connectivity index (χ2n) is 4.51. The van der Waals surface area contributed by atoms with E-state index in [0.29, 0.717) is 13.2 Å². The van der Waals surface area contributed by atoms with Crippen LogP contribution < -0.4 is 5.69 Å². The van der Waals surface area contributed by atoms with Crippen molar-refractivity contribution >= 4 is 0 Å². The molecule has 2 aliphatic rings. The first-order chi connectivity index (χ1) is 7.79. The molecule has 0 unspecified atom stereocenters. The number of aromatic amines is 1. The molecule has 1 N–H and O–H groups in total. The summed E-state index contributed by atoms with van der Waals surface area (Å²) in [7, 11) is 0. The van der Waals surface area contributed by atoms with E-state index >= 15 is 0 Å².